The molecule has 0 bridgehead atoms. The molecule has 0 saturated carbocycles. The van der Waals surface area contributed by atoms with Crippen molar-refractivity contribution in [3.05, 3.63) is 89.1 Å². The normalized spacial score (nSPS) is 15.0. The van der Waals surface area contributed by atoms with Crippen LogP contribution in [0.25, 0.3) is 11.3 Å². The molecule has 7 nitrogen and oxygen atoms in total. The van der Waals surface area contributed by atoms with Crippen LogP contribution in [0.4, 0.5) is 0 Å². The summed E-state index contributed by atoms with van der Waals surface area (Å²) in [6, 6.07) is 15.4. The number of nitrogens with zero attached hydrogens (tertiary/aromatic N) is 4. The second-order valence-corrected chi connectivity index (χ2v) is 9.13. The number of ether oxygens (including phenoxy) is 1. The van der Waals surface area contributed by atoms with Crippen LogP contribution in [0.1, 0.15) is 53.8 Å². The second kappa shape index (κ2) is 10.4. The molecule has 3 heterocycles. The van der Waals surface area contributed by atoms with E-state index in [4.69, 9.17) is 16.3 Å². The van der Waals surface area contributed by atoms with Gasteiger partial charge in [-0.25, -0.2) is 4.98 Å². The largest absolute Gasteiger partial charge is 0.494 e. The third-order valence-electron chi connectivity index (χ3n) is 6.32. The number of aromatic nitrogens is 4. The minimum atomic E-state index is -0.241. The zero-order valence-electron chi connectivity index (χ0n) is 19.7. The Kier molecular flexibility index (Phi) is 6.86. The standard InChI is InChI=1S/C27H28ClN5O2/c1-2-3-17-35-22-11-7-20(8-12-22)26-23-24(19-5-9-21(28)10-6-19)30-31-25(23)27(34)33(26)15-4-14-32-16-13-29-18-32/h5-13,16,18,26H,2-4,14-15,17H2,1H3,(H,30,31). The summed E-state index contributed by atoms with van der Waals surface area (Å²) in [5.74, 6) is 0.801. The van der Waals surface area contributed by atoms with Gasteiger partial charge in [0.25, 0.3) is 5.91 Å². The molecule has 1 unspecified atom stereocenters. The van der Waals surface area contributed by atoms with Crippen LogP contribution >= 0.6 is 11.6 Å². The van der Waals surface area contributed by atoms with Gasteiger partial charge in [0, 0.05) is 41.6 Å². The van der Waals surface area contributed by atoms with E-state index in [2.05, 4.69) is 34.2 Å². The van der Waals surface area contributed by atoms with Crippen LogP contribution < -0.4 is 4.74 Å². The predicted octanol–water partition coefficient (Wildman–Crippen LogP) is 5.74. The number of H-pyrrole nitrogens is 1. The first-order chi connectivity index (χ1) is 17.2. The Hall–Kier alpha value is -3.58. The van der Waals surface area contributed by atoms with E-state index in [9.17, 15) is 4.79 Å². The zero-order chi connectivity index (χ0) is 24.2. The summed E-state index contributed by atoms with van der Waals surface area (Å²) in [6.07, 6.45) is 8.42. The molecule has 2 aromatic carbocycles. The van der Waals surface area contributed by atoms with Crippen LogP contribution in [-0.2, 0) is 6.54 Å². The van der Waals surface area contributed by atoms with Crippen molar-refractivity contribution >= 4 is 17.5 Å². The highest BCUT2D eigenvalue weighted by Gasteiger charge is 2.41. The number of imidazole rings is 1. The van der Waals surface area contributed by atoms with Gasteiger partial charge >= 0.3 is 0 Å². The van der Waals surface area contributed by atoms with Crippen LogP contribution in [0.3, 0.4) is 0 Å². The first kappa shape index (κ1) is 23.2. The number of aromatic amines is 1. The molecule has 0 saturated heterocycles. The number of hydrogen-bond acceptors (Lipinski definition) is 4. The van der Waals surface area contributed by atoms with Crippen LogP contribution in [0, 0.1) is 0 Å². The first-order valence-electron chi connectivity index (χ1n) is 12.0. The van der Waals surface area contributed by atoms with E-state index >= 15 is 0 Å². The SMILES string of the molecule is CCCCOc1ccc(C2c3c(-c4ccc(Cl)cc4)n[nH]c3C(=O)N2CCCn2ccnc2)cc1. The van der Waals surface area contributed by atoms with Gasteiger partial charge in [-0.3, -0.25) is 9.89 Å². The number of carbonyl (C=O) groups is 1. The Labute approximate surface area is 209 Å². The van der Waals surface area contributed by atoms with Crippen molar-refractivity contribution in [2.45, 2.75) is 38.8 Å². The Bertz CT molecular complexity index is 1270. The molecule has 180 valence electrons. The van der Waals surface area contributed by atoms with E-state index in [0.717, 1.165) is 53.9 Å². The fourth-order valence-corrected chi connectivity index (χ4v) is 4.65. The van der Waals surface area contributed by atoms with Crippen LogP contribution in [0.2, 0.25) is 5.02 Å². The molecule has 0 radical (unpaired) electrons. The van der Waals surface area contributed by atoms with E-state index < -0.39 is 0 Å². The van der Waals surface area contributed by atoms with Gasteiger partial charge in [0.05, 0.1) is 24.7 Å². The van der Waals surface area contributed by atoms with Crippen molar-refractivity contribution in [1.82, 2.24) is 24.6 Å². The van der Waals surface area contributed by atoms with Crippen molar-refractivity contribution in [3.63, 3.8) is 0 Å². The van der Waals surface area contributed by atoms with Crippen LogP contribution in [0.15, 0.2) is 67.3 Å². The summed E-state index contributed by atoms with van der Waals surface area (Å²) in [7, 11) is 0. The molecular weight excluding hydrogens is 462 g/mol. The number of carbonyl (C=O) groups excluding carboxylic acids is 1. The molecular formula is C27H28ClN5O2. The van der Waals surface area contributed by atoms with Crippen LogP contribution in [-0.4, -0.2) is 43.7 Å². The van der Waals surface area contributed by atoms with E-state index in [1.807, 2.05) is 52.1 Å². The highest BCUT2D eigenvalue weighted by molar-refractivity contribution is 6.30. The number of unbranched alkanes of at least 4 members (excludes halogenated alkanes) is 1. The molecule has 35 heavy (non-hydrogen) atoms. The predicted molar refractivity (Wildman–Crippen MR) is 136 cm³/mol. The summed E-state index contributed by atoms with van der Waals surface area (Å²) in [5.41, 5.74) is 4.17. The van der Waals surface area contributed by atoms with E-state index in [1.165, 1.54) is 0 Å². The average Bonchev–Trinajstić information content (AvgIpc) is 3.60. The Balaban J connectivity index is 1.47. The number of hydrogen-bond donors (Lipinski definition) is 1. The van der Waals surface area contributed by atoms with Gasteiger partial charge in [-0.05, 0) is 42.7 Å². The monoisotopic (exact) mass is 489 g/mol. The lowest BCUT2D eigenvalue weighted by Gasteiger charge is -2.26. The third kappa shape index (κ3) is 4.82. The molecule has 1 amide bonds. The fourth-order valence-electron chi connectivity index (χ4n) is 4.52. The lowest BCUT2D eigenvalue weighted by molar-refractivity contribution is 0.0739. The number of aryl methyl sites for hydroxylation is 1. The minimum absolute atomic E-state index is 0.0355. The lowest BCUT2D eigenvalue weighted by atomic mass is 9.96. The van der Waals surface area contributed by atoms with Crippen molar-refractivity contribution in [2.24, 2.45) is 0 Å². The third-order valence-corrected chi connectivity index (χ3v) is 6.57. The molecule has 1 N–H and O–H groups in total. The highest BCUT2D eigenvalue weighted by Crippen LogP contribution is 2.43. The quantitative estimate of drug-likeness (QED) is 0.288. The van der Waals surface area contributed by atoms with Gasteiger partial charge in [-0.1, -0.05) is 49.2 Å². The number of benzene rings is 2. The van der Waals surface area contributed by atoms with E-state index in [0.29, 0.717) is 23.9 Å². The summed E-state index contributed by atoms with van der Waals surface area (Å²) < 4.78 is 7.88. The molecule has 5 rings (SSSR count). The Morgan fingerprint density at radius 3 is 2.57 bits per heavy atom. The van der Waals surface area contributed by atoms with E-state index in [1.54, 1.807) is 12.5 Å². The van der Waals surface area contributed by atoms with Crippen molar-refractivity contribution in [2.75, 3.05) is 13.2 Å². The average molecular weight is 490 g/mol. The van der Waals surface area contributed by atoms with Gasteiger partial charge in [0.1, 0.15) is 11.4 Å². The molecule has 0 aliphatic carbocycles. The van der Waals surface area contributed by atoms with Gasteiger partial charge in [0.15, 0.2) is 0 Å². The number of nitrogens with one attached hydrogen (secondary N) is 1. The van der Waals surface area contributed by atoms with Crippen molar-refractivity contribution < 1.29 is 9.53 Å². The maximum atomic E-state index is 13.5. The maximum Gasteiger partial charge on any atom is 0.273 e. The van der Waals surface area contributed by atoms with Crippen LogP contribution in [0.5, 0.6) is 5.75 Å². The smallest absolute Gasteiger partial charge is 0.273 e. The highest BCUT2D eigenvalue weighted by atomic mass is 35.5. The van der Waals surface area contributed by atoms with Crippen molar-refractivity contribution in [1.29, 1.82) is 0 Å². The molecule has 1 aliphatic rings. The van der Waals surface area contributed by atoms with Crippen molar-refractivity contribution in [3.8, 4) is 17.0 Å². The minimum Gasteiger partial charge on any atom is -0.494 e. The van der Waals surface area contributed by atoms with Gasteiger partial charge in [0.2, 0.25) is 0 Å². The maximum absolute atomic E-state index is 13.5. The molecule has 0 fully saturated rings. The number of rotatable bonds is 10. The molecule has 4 aromatic rings. The fraction of sp³-hybridized carbons (Fsp3) is 0.296. The van der Waals surface area contributed by atoms with E-state index in [-0.39, 0.29) is 11.9 Å². The molecule has 2 aromatic heterocycles. The Morgan fingerprint density at radius 2 is 1.86 bits per heavy atom. The zero-order valence-corrected chi connectivity index (χ0v) is 20.4. The number of amides is 1. The van der Waals surface area contributed by atoms with Gasteiger partial charge in [-0.15, -0.1) is 0 Å². The molecule has 1 aliphatic heterocycles. The Morgan fingerprint density at radius 1 is 1.06 bits per heavy atom. The summed E-state index contributed by atoms with van der Waals surface area (Å²) >= 11 is 6.11. The summed E-state index contributed by atoms with van der Waals surface area (Å²) in [5, 5.41) is 8.21. The number of halogens is 1. The lowest BCUT2D eigenvalue weighted by Crippen LogP contribution is -2.31. The number of fused-ring (bicyclic) bond motifs is 1. The summed E-state index contributed by atoms with van der Waals surface area (Å²) in [4.78, 5) is 19.5. The topological polar surface area (TPSA) is 76.0 Å². The molecule has 8 heteroatoms. The first-order valence-corrected chi connectivity index (χ1v) is 12.4. The summed E-state index contributed by atoms with van der Waals surface area (Å²) in [6.45, 7) is 4.24. The molecule has 0 spiro atoms. The van der Waals surface area contributed by atoms with Gasteiger partial charge in [-0.2, -0.15) is 5.10 Å². The second-order valence-electron chi connectivity index (χ2n) is 8.69. The molecule has 1 atom stereocenters. The van der Waals surface area contributed by atoms with Gasteiger partial charge < -0.3 is 14.2 Å².